The molecule has 11 heteroatoms. The van der Waals surface area contributed by atoms with E-state index in [1.54, 1.807) is 36.9 Å². The number of hydrogen-bond acceptors (Lipinski definition) is 8. The zero-order valence-corrected chi connectivity index (χ0v) is 14.4. The van der Waals surface area contributed by atoms with Crippen LogP contribution in [0.3, 0.4) is 0 Å². The second-order valence-corrected chi connectivity index (χ2v) is 6.33. The Hall–Kier alpha value is -2.66. The molecule has 0 radical (unpaired) electrons. The predicted octanol–water partition coefficient (Wildman–Crippen LogP) is 1.64. The minimum absolute atomic E-state index is 0.0814. The Morgan fingerprint density at radius 2 is 2.28 bits per heavy atom. The van der Waals surface area contributed by atoms with E-state index >= 15 is 0 Å². The van der Waals surface area contributed by atoms with Crippen LogP contribution in [0.25, 0.3) is 11.6 Å². The van der Waals surface area contributed by atoms with Crippen LogP contribution in [-0.4, -0.2) is 46.2 Å². The Bertz CT molecular complexity index is 872. The van der Waals surface area contributed by atoms with Crippen LogP contribution in [0.2, 0.25) is 0 Å². The summed E-state index contributed by atoms with van der Waals surface area (Å²) in [6, 6.07) is 3.55. The minimum atomic E-state index is -0.805. The fourth-order valence-corrected chi connectivity index (χ4v) is 3.15. The van der Waals surface area contributed by atoms with Crippen LogP contribution in [0.15, 0.2) is 34.2 Å². The van der Waals surface area contributed by atoms with Crippen molar-refractivity contribution in [3.8, 4) is 11.6 Å². The van der Waals surface area contributed by atoms with Crippen molar-refractivity contribution in [1.82, 2.24) is 24.3 Å². The molecule has 0 spiro atoms. The molecule has 10 nitrogen and oxygen atoms in total. The van der Waals surface area contributed by atoms with Crippen molar-refractivity contribution in [2.75, 3.05) is 5.75 Å². The largest absolute Gasteiger partial charge is 0.461 e. The first-order valence-electron chi connectivity index (χ1n) is 7.38. The molecule has 3 rings (SSSR count). The zero-order valence-electron chi connectivity index (χ0n) is 13.6. The van der Waals surface area contributed by atoms with Gasteiger partial charge in [-0.05, 0) is 17.1 Å². The fraction of sp³-hybridized carbons (Fsp3) is 0.357. The van der Waals surface area contributed by atoms with Crippen LogP contribution in [0.1, 0.15) is 5.82 Å². The van der Waals surface area contributed by atoms with Crippen molar-refractivity contribution in [1.29, 1.82) is 0 Å². The van der Waals surface area contributed by atoms with Crippen LogP contribution in [0.4, 0.5) is 5.82 Å². The van der Waals surface area contributed by atoms with E-state index in [-0.39, 0.29) is 12.4 Å². The van der Waals surface area contributed by atoms with Gasteiger partial charge < -0.3 is 24.2 Å². The summed E-state index contributed by atoms with van der Waals surface area (Å²) in [7, 11) is 1.80. The summed E-state index contributed by atoms with van der Waals surface area (Å²) in [5.74, 6) is 1.84. The van der Waals surface area contributed by atoms with Gasteiger partial charge in [0, 0.05) is 19.7 Å². The van der Waals surface area contributed by atoms with Gasteiger partial charge in [-0.1, -0.05) is 11.8 Å². The lowest BCUT2D eigenvalue weighted by Crippen LogP contribution is -2.20. The van der Waals surface area contributed by atoms with Gasteiger partial charge in [0.15, 0.2) is 22.6 Å². The summed E-state index contributed by atoms with van der Waals surface area (Å²) >= 11 is 1.31. The highest BCUT2D eigenvalue weighted by Gasteiger charge is 2.21. The lowest BCUT2D eigenvalue weighted by atomic mass is 10.4. The monoisotopic (exact) mass is 364 g/mol. The van der Waals surface area contributed by atoms with Crippen molar-refractivity contribution in [2.24, 2.45) is 7.05 Å². The summed E-state index contributed by atoms with van der Waals surface area (Å²) in [4.78, 5) is 14.4. The van der Waals surface area contributed by atoms with Crippen molar-refractivity contribution in [3.63, 3.8) is 0 Å². The van der Waals surface area contributed by atoms with E-state index in [0.29, 0.717) is 28.3 Å². The Morgan fingerprint density at radius 3 is 2.96 bits per heavy atom. The van der Waals surface area contributed by atoms with Gasteiger partial charge in [0.1, 0.15) is 18.8 Å². The summed E-state index contributed by atoms with van der Waals surface area (Å²) in [6.45, 7) is 1.74. The van der Waals surface area contributed by atoms with Crippen molar-refractivity contribution in [2.45, 2.75) is 24.7 Å². The van der Waals surface area contributed by atoms with Crippen LogP contribution >= 0.6 is 11.8 Å². The van der Waals surface area contributed by atoms with E-state index in [9.17, 15) is 15.2 Å². The maximum Gasteiger partial charge on any atom is 0.342 e. The Morgan fingerprint density at radius 1 is 1.48 bits per heavy atom. The van der Waals surface area contributed by atoms with Gasteiger partial charge in [0.2, 0.25) is 0 Å². The summed E-state index contributed by atoms with van der Waals surface area (Å²) in [5, 5.41) is 30.0. The maximum absolute atomic E-state index is 11.0. The zero-order chi connectivity index (χ0) is 18.0. The summed E-state index contributed by atoms with van der Waals surface area (Å²) in [5.41, 5.74) is 0. The third-order valence-corrected chi connectivity index (χ3v) is 4.76. The molecule has 0 aliphatic heterocycles. The average molecular weight is 364 g/mol. The van der Waals surface area contributed by atoms with E-state index in [4.69, 9.17) is 4.42 Å². The van der Waals surface area contributed by atoms with Gasteiger partial charge in [-0.25, -0.2) is 9.55 Å². The molecule has 0 fully saturated rings. The quantitative estimate of drug-likeness (QED) is 0.381. The number of hydrogen-bond donors (Lipinski definition) is 1. The van der Waals surface area contributed by atoms with Gasteiger partial charge in [0.25, 0.3) is 0 Å². The number of nitro groups is 1. The molecule has 0 aliphatic rings. The molecular weight excluding hydrogens is 348 g/mol. The Kier molecular flexibility index (Phi) is 4.86. The first-order chi connectivity index (χ1) is 12.0. The van der Waals surface area contributed by atoms with E-state index in [2.05, 4.69) is 15.2 Å². The summed E-state index contributed by atoms with van der Waals surface area (Å²) in [6.07, 6.45) is 1.94. The molecule has 1 atom stereocenters. The SMILES string of the molecule is Cc1ncc([N+](=O)[O-])n1CC(O)CSc1nnc(-c2ccco2)n1C. The van der Waals surface area contributed by atoms with Gasteiger partial charge >= 0.3 is 5.82 Å². The molecule has 0 aromatic carbocycles. The van der Waals surface area contributed by atoms with Gasteiger partial charge in [0.05, 0.1) is 6.26 Å². The Labute approximate surface area is 146 Å². The molecule has 0 aliphatic carbocycles. The highest BCUT2D eigenvalue weighted by atomic mass is 32.2. The molecule has 1 unspecified atom stereocenters. The molecule has 3 heterocycles. The first kappa shape index (κ1) is 17.2. The molecule has 0 saturated heterocycles. The van der Waals surface area contributed by atoms with Crippen LogP contribution in [0.5, 0.6) is 0 Å². The molecule has 3 aromatic heterocycles. The third-order valence-electron chi connectivity index (χ3n) is 3.60. The average Bonchev–Trinajstić information content (AvgIpc) is 3.27. The number of aliphatic hydroxyl groups is 1. The van der Waals surface area contributed by atoms with E-state index < -0.39 is 11.0 Å². The highest BCUT2D eigenvalue weighted by molar-refractivity contribution is 7.99. The third kappa shape index (κ3) is 3.56. The topological polar surface area (TPSA) is 125 Å². The molecule has 132 valence electrons. The fourth-order valence-electron chi connectivity index (χ4n) is 2.32. The number of nitrogens with zero attached hydrogens (tertiary/aromatic N) is 6. The minimum Gasteiger partial charge on any atom is -0.461 e. The second-order valence-electron chi connectivity index (χ2n) is 5.34. The van der Waals surface area contributed by atoms with Crippen LogP contribution < -0.4 is 0 Å². The van der Waals surface area contributed by atoms with Gasteiger partial charge in [-0.3, -0.25) is 0 Å². The lowest BCUT2D eigenvalue weighted by molar-refractivity contribution is -0.392. The number of furan rings is 1. The smallest absolute Gasteiger partial charge is 0.342 e. The molecule has 0 amide bonds. The van der Waals surface area contributed by atoms with Gasteiger partial charge in [-0.15, -0.1) is 10.2 Å². The standard InChI is InChI=1S/C14H16N6O4S/c1-9-15-6-12(20(22)23)19(9)7-10(21)8-25-14-17-16-13(18(14)2)11-4-3-5-24-11/h3-6,10,21H,7-8H2,1-2H3. The number of thioether (sulfide) groups is 1. The number of rotatable bonds is 7. The number of aromatic nitrogens is 5. The van der Waals surface area contributed by atoms with E-state index in [1.165, 1.54) is 22.5 Å². The molecule has 3 aromatic rings. The number of imidazole rings is 1. The number of aryl methyl sites for hydroxylation is 1. The lowest BCUT2D eigenvalue weighted by Gasteiger charge is -2.10. The maximum atomic E-state index is 11.0. The molecule has 0 saturated carbocycles. The second kappa shape index (κ2) is 7.07. The molecule has 0 bridgehead atoms. The van der Waals surface area contributed by atoms with Crippen LogP contribution in [-0.2, 0) is 13.6 Å². The van der Waals surface area contributed by atoms with Crippen molar-refractivity contribution >= 4 is 17.6 Å². The molecule has 25 heavy (non-hydrogen) atoms. The first-order valence-corrected chi connectivity index (χ1v) is 8.36. The highest BCUT2D eigenvalue weighted by Crippen LogP contribution is 2.24. The normalized spacial score (nSPS) is 12.4. The van der Waals surface area contributed by atoms with E-state index in [1.807, 2.05) is 0 Å². The Balaban J connectivity index is 1.65. The number of aliphatic hydroxyl groups excluding tert-OH is 1. The molecular formula is C14H16N6O4S. The van der Waals surface area contributed by atoms with Crippen molar-refractivity contribution < 1.29 is 14.4 Å². The van der Waals surface area contributed by atoms with E-state index in [0.717, 1.165) is 0 Å². The predicted molar refractivity (Wildman–Crippen MR) is 89.1 cm³/mol. The van der Waals surface area contributed by atoms with Crippen molar-refractivity contribution in [3.05, 3.63) is 40.5 Å². The van der Waals surface area contributed by atoms with Gasteiger partial charge in [-0.2, -0.15) is 0 Å². The summed E-state index contributed by atoms with van der Waals surface area (Å²) < 4.78 is 8.45. The van der Waals surface area contributed by atoms with Crippen LogP contribution in [0, 0.1) is 17.0 Å². The molecule has 1 N–H and O–H groups in total.